The third-order valence-corrected chi connectivity index (χ3v) is 4.27. The highest BCUT2D eigenvalue weighted by Gasteiger charge is 2.40. The van der Waals surface area contributed by atoms with Crippen LogP contribution in [0.1, 0.15) is 36.0 Å². The highest BCUT2D eigenvalue weighted by molar-refractivity contribution is 8.00. The van der Waals surface area contributed by atoms with E-state index in [1.54, 1.807) is 0 Å². The molecule has 1 fully saturated rings. The molecule has 1 amide bonds. The van der Waals surface area contributed by atoms with Crippen LogP contribution in [-0.2, 0) is 4.79 Å². The van der Waals surface area contributed by atoms with Gasteiger partial charge in [0.25, 0.3) is 5.91 Å². The Balaban J connectivity index is 2.02. The Bertz CT molecular complexity index is 568. The molecule has 0 unspecified atom stereocenters. The topological polar surface area (TPSA) is 66.4 Å². The third-order valence-electron chi connectivity index (χ3n) is 3.53. The molecule has 2 rings (SSSR count). The first-order chi connectivity index (χ1) is 10.2. The summed E-state index contributed by atoms with van der Waals surface area (Å²) in [6.45, 7) is 0. The van der Waals surface area contributed by atoms with Crippen LogP contribution in [0.2, 0.25) is 0 Å². The number of hydrogen-bond acceptors (Lipinski definition) is 3. The molecule has 1 aromatic rings. The molecule has 0 heterocycles. The van der Waals surface area contributed by atoms with Gasteiger partial charge in [0.2, 0.25) is 0 Å². The van der Waals surface area contributed by atoms with Crippen LogP contribution in [0.25, 0.3) is 0 Å². The number of rotatable bonds is 5. The molecule has 1 saturated carbocycles. The van der Waals surface area contributed by atoms with Gasteiger partial charge in [-0.25, -0.2) is 0 Å². The Morgan fingerprint density at radius 1 is 1.23 bits per heavy atom. The van der Waals surface area contributed by atoms with Crippen LogP contribution in [0.15, 0.2) is 29.2 Å². The van der Waals surface area contributed by atoms with Gasteiger partial charge in [-0.1, -0.05) is 0 Å². The summed E-state index contributed by atoms with van der Waals surface area (Å²) in [7, 11) is 0. The minimum Gasteiger partial charge on any atom is -0.481 e. The number of alkyl halides is 3. The first-order valence-corrected chi connectivity index (χ1v) is 7.41. The Labute approximate surface area is 129 Å². The third kappa shape index (κ3) is 4.40. The fraction of sp³-hybridized carbons (Fsp3) is 0.429. The van der Waals surface area contributed by atoms with Crippen molar-refractivity contribution in [1.29, 1.82) is 0 Å². The Morgan fingerprint density at radius 3 is 2.23 bits per heavy atom. The van der Waals surface area contributed by atoms with E-state index in [1.165, 1.54) is 24.3 Å². The van der Waals surface area contributed by atoms with Gasteiger partial charge in [0, 0.05) is 10.5 Å². The number of thioether (sulfide) groups is 1. The molecule has 0 spiro atoms. The predicted molar refractivity (Wildman–Crippen MR) is 74.7 cm³/mol. The Hall–Kier alpha value is -1.70. The van der Waals surface area contributed by atoms with Crippen molar-refractivity contribution in [1.82, 2.24) is 5.32 Å². The zero-order valence-corrected chi connectivity index (χ0v) is 12.3. The van der Waals surface area contributed by atoms with E-state index in [0.29, 0.717) is 12.8 Å². The summed E-state index contributed by atoms with van der Waals surface area (Å²) >= 11 is -0.251. The van der Waals surface area contributed by atoms with Crippen molar-refractivity contribution in [3.8, 4) is 0 Å². The van der Waals surface area contributed by atoms with Crippen molar-refractivity contribution in [3.63, 3.8) is 0 Å². The van der Waals surface area contributed by atoms with Crippen LogP contribution < -0.4 is 5.32 Å². The van der Waals surface area contributed by atoms with Crippen molar-refractivity contribution in [2.24, 2.45) is 0 Å². The highest BCUT2D eigenvalue weighted by Crippen LogP contribution is 2.37. The smallest absolute Gasteiger partial charge is 0.446 e. The number of carboxylic acid groups (broad SMARTS) is 1. The molecule has 0 atom stereocenters. The molecule has 0 aliphatic heterocycles. The fourth-order valence-corrected chi connectivity index (χ4v) is 2.90. The second kappa shape index (κ2) is 6.20. The summed E-state index contributed by atoms with van der Waals surface area (Å²) in [4.78, 5) is 22.9. The molecule has 0 aromatic heterocycles. The number of hydrogen-bond donors (Lipinski definition) is 2. The first-order valence-electron chi connectivity index (χ1n) is 6.59. The van der Waals surface area contributed by atoms with E-state index >= 15 is 0 Å². The van der Waals surface area contributed by atoms with E-state index in [2.05, 4.69) is 5.32 Å². The van der Waals surface area contributed by atoms with Crippen LogP contribution in [0.4, 0.5) is 13.2 Å². The van der Waals surface area contributed by atoms with Crippen LogP contribution in [-0.4, -0.2) is 28.0 Å². The molecule has 0 bridgehead atoms. The number of nitrogens with one attached hydrogen (secondary N) is 1. The molecule has 4 nitrogen and oxygen atoms in total. The summed E-state index contributed by atoms with van der Waals surface area (Å²) in [5, 5.41) is 11.6. The molecule has 2 N–H and O–H groups in total. The van der Waals surface area contributed by atoms with Crippen LogP contribution in [0, 0.1) is 0 Å². The lowest BCUT2D eigenvalue weighted by Gasteiger charge is -2.41. The number of carbonyl (C=O) groups excluding carboxylic acids is 1. The number of carboxylic acids is 1. The number of carbonyl (C=O) groups is 2. The highest BCUT2D eigenvalue weighted by atomic mass is 32.2. The largest absolute Gasteiger partial charge is 0.481 e. The average molecular weight is 333 g/mol. The first kappa shape index (κ1) is 16.7. The van der Waals surface area contributed by atoms with Gasteiger partial charge in [-0.2, -0.15) is 13.2 Å². The molecule has 8 heteroatoms. The van der Waals surface area contributed by atoms with Gasteiger partial charge in [-0.3, -0.25) is 9.59 Å². The van der Waals surface area contributed by atoms with Crippen molar-refractivity contribution in [2.45, 2.75) is 41.6 Å². The van der Waals surface area contributed by atoms with Crippen molar-refractivity contribution in [2.75, 3.05) is 0 Å². The maximum atomic E-state index is 12.2. The summed E-state index contributed by atoms with van der Waals surface area (Å²) in [6, 6.07) is 5.04. The summed E-state index contributed by atoms with van der Waals surface area (Å²) in [5.41, 5.74) is -4.90. The average Bonchev–Trinajstić information content (AvgIpc) is 2.34. The van der Waals surface area contributed by atoms with E-state index in [0.717, 1.165) is 6.42 Å². The van der Waals surface area contributed by atoms with Gasteiger partial charge in [-0.15, -0.1) is 0 Å². The molecule has 120 valence electrons. The number of benzene rings is 1. The van der Waals surface area contributed by atoms with Crippen molar-refractivity contribution in [3.05, 3.63) is 29.8 Å². The van der Waals surface area contributed by atoms with Crippen LogP contribution in [0.5, 0.6) is 0 Å². The molecule has 1 aromatic carbocycles. The Morgan fingerprint density at radius 2 is 1.82 bits per heavy atom. The molecule has 0 radical (unpaired) electrons. The van der Waals surface area contributed by atoms with E-state index in [4.69, 9.17) is 5.11 Å². The van der Waals surface area contributed by atoms with Crippen LogP contribution >= 0.6 is 11.8 Å². The molecular formula is C14H14F3NO3S. The van der Waals surface area contributed by atoms with E-state index < -0.39 is 22.9 Å². The zero-order chi connectivity index (χ0) is 16.4. The quantitative estimate of drug-likeness (QED) is 0.810. The van der Waals surface area contributed by atoms with Crippen molar-refractivity contribution < 1.29 is 27.9 Å². The maximum absolute atomic E-state index is 12.2. The zero-order valence-electron chi connectivity index (χ0n) is 11.4. The Kier molecular flexibility index (Phi) is 4.69. The minimum absolute atomic E-state index is 0.00653. The van der Waals surface area contributed by atoms with Gasteiger partial charge >= 0.3 is 11.5 Å². The van der Waals surface area contributed by atoms with Crippen molar-refractivity contribution >= 4 is 23.6 Å². The summed E-state index contributed by atoms with van der Waals surface area (Å²) < 4.78 is 36.7. The van der Waals surface area contributed by atoms with Gasteiger partial charge in [0.15, 0.2) is 0 Å². The van der Waals surface area contributed by atoms with E-state index in [1.807, 2.05) is 0 Å². The molecule has 1 aliphatic rings. The molecular weight excluding hydrogens is 319 g/mol. The second-order valence-corrected chi connectivity index (χ2v) is 6.37. The molecule has 22 heavy (non-hydrogen) atoms. The number of aliphatic carboxylic acids is 1. The lowest BCUT2D eigenvalue weighted by atomic mass is 9.74. The normalized spacial score (nSPS) is 16.7. The fourth-order valence-electron chi connectivity index (χ4n) is 2.36. The standard InChI is InChI=1S/C14H14F3NO3S/c15-14(16,17)22-10-4-2-9(3-5-10)12(21)18-13(6-1-7-13)8-11(19)20/h2-5H,1,6-8H2,(H,18,21)(H,19,20). The second-order valence-electron chi connectivity index (χ2n) is 5.23. The van der Waals surface area contributed by atoms with Gasteiger partial charge < -0.3 is 10.4 Å². The number of halogens is 3. The molecule has 0 saturated heterocycles. The van der Waals surface area contributed by atoms with E-state index in [9.17, 15) is 22.8 Å². The van der Waals surface area contributed by atoms with Gasteiger partial charge in [0.1, 0.15) is 0 Å². The monoisotopic (exact) mass is 333 g/mol. The minimum atomic E-state index is -4.37. The lowest BCUT2D eigenvalue weighted by Crippen LogP contribution is -2.54. The van der Waals surface area contributed by atoms with Gasteiger partial charge in [0.05, 0.1) is 12.0 Å². The number of amides is 1. The maximum Gasteiger partial charge on any atom is 0.446 e. The van der Waals surface area contributed by atoms with E-state index in [-0.39, 0.29) is 28.6 Å². The van der Waals surface area contributed by atoms with Gasteiger partial charge in [-0.05, 0) is 55.3 Å². The summed E-state index contributed by atoms with van der Waals surface area (Å²) in [6.07, 6.45) is 1.87. The predicted octanol–water partition coefficient (Wildman–Crippen LogP) is 3.43. The lowest BCUT2D eigenvalue weighted by molar-refractivity contribution is -0.139. The molecule has 1 aliphatic carbocycles. The van der Waals surface area contributed by atoms with Crippen LogP contribution in [0.3, 0.4) is 0 Å². The summed E-state index contributed by atoms with van der Waals surface area (Å²) in [5.74, 6) is -1.46. The SMILES string of the molecule is O=C(O)CC1(NC(=O)c2ccc(SC(F)(F)F)cc2)CCC1.